The van der Waals surface area contributed by atoms with Crippen molar-refractivity contribution in [2.45, 2.75) is 31.9 Å². The molecular weight excluding hydrogens is 322 g/mol. The third kappa shape index (κ3) is 4.80. The van der Waals surface area contributed by atoms with E-state index in [1.165, 1.54) is 11.8 Å². The van der Waals surface area contributed by atoms with E-state index in [0.29, 0.717) is 11.7 Å². The van der Waals surface area contributed by atoms with Gasteiger partial charge in [0.2, 0.25) is 0 Å². The highest BCUT2D eigenvalue weighted by Gasteiger charge is 2.33. The number of ketones is 1. The molecule has 0 fully saturated rings. The van der Waals surface area contributed by atoms with E-state index in [1.807, 2.05) is 0 Å². The average Bonchev–Trinajstić information content (AvgIpc) is 2.94. The number of aliphatic hydroxyl groups excluding tert-OH is 1. The topological polar surface area (TPSA) is 117 Å². The largest absolute Gasteiger partial charge is 0.482 e. The van der Waals surface area contributed by atoms with Crippen LogP contribution in [-0.2, 0) is 19.1 Å². The van der Waals surface area contributed by atoms with Crippen LogP contribution in [0.4, 0.5) is 0 Å². The van der Waals surface area contributed by atoms with Gasteiger partial charge in [0.1, 0.15) is 11.6 Å². The monoisotopic (exact) mass is 341 g/mol. The zero-order valence-electron chi connectivity index (χ0n) is 12.9. The fraction of sp³-hybridized carbons (Fsp3) is 0.571. The van der Waals surface area contributed by atoms with Gasteiger partial charge in [-0.15, -0.1) is 0 Å². The molecule has 0 saturated carbocycles. The van der Waals surface area contributed by atoms with Gasteiger partial charge in [0.05, 0.1) is 13.2 Å². The maximum atomic E-state index is 12.2. The van der Waals surface area contributed by atoms with E-state index >= 15 is 0 Å². The third-order valence-electron chi connectivity index (χ3n) is 3.12. The van der Waals surface area contributed by atoms with Crippen LogP contribution in [0.1, 0.15) is 20.3 Å². The number of hydrogen-bond acceptors (Lipinski definition) is 7. The zero-order chi connectivity index (χ0) is 17.0. The summed E-state index contributed by atoms with van der Waals surface area (Å²) in [5.41, 5.74) is -0.787. The molecule has 0 radical (unpaired) electrons. The zero-order valence-corrected chi connectivity index (χ0v) is 13.7. The lowest BCUT2D eigenvalue weighted by Crippen LogP contribution is -2.51. The molecule has 0 aromatic carbocycles. The first kappa shape index (κ1) is 17.5. The number of carbonyl (C=O) groups is 3. The van der Waals surface area contributed by atoms with Crippen LogP contribution in [0.3, 0.4) is 0 Å². The normalized spacial score (nSPS) is 20.9. The predicted molar refractivity (Wildman–Crippen MR) is 84.8 cm³/mol. The number of hydrogen-bond donors (Lipinski definition) is 3. The molecule has 0 bridgehead atoms. The molecule has 1 atom stereocenters. The summed E-state index contributed by atoms with van der Waals surface area (Å²) in [5.74, 6) is -0.903. The average molecular weight is 341 g/mol. The highest BCUT2D eigenvalue weighted by atomic mass is 32.2. The molecule has 2 aliphatic rings. The molecule has 0 aliphatic carbocycles. The van der Waals surface area contributed by atoms with E-state index in [-0.39, 0.29) is 18.0 Å². The third-order valence-corrected chi connectivity index (χ3v) is 4.01. The van der Waals surface area contributed by atoms with Gasteiger partial charge in [-0.1, -0.05) is 11.8 Å². The van der Waals surface area contributed by atoms with Crippen molar-refractivity contribution >= 4 is 34.5 Å². The number of nitrogens with zero attached hydrogens (tertiary/aromatic N) is 1. The number of amidine groups is 1. The Bertz CT molecular complexity index is 585. The summed E-state index contributed by atoms with van der Waals surface area (Å²) in [7, 11) is 0. The molecule has 3 N–H and O–H groups in total. The van der Waals surface area contributed by atoms with Crippen LogP contribution in [-0.4, -0.2) is 58.4 Å². The van der Waals surface area contributed by atoms with E-state index in [4.69, 9.17) is 4.74 Å². The SMILES string of the molecule is CC1(C)CC(=O)C=C(C(=O)NC(CO)C(=O)NC2=NCCS2)O1. The van der Waals surface area contributed by atoms with Crippen molar-refractivity contribution in [2.75, 3.05) is 18.9 Å². The van der Waals surface area contributed by atoms with Gasteiger partial charge in [-0.3, -0.25) is 19.4 Å². The van der Waals surface area contributed by atoms with Crippen molar-refractivity contribution in [1.29, 1.82) is 0 Å². The van der Waals surface area contributed by atoms with Gasteiger partial charge in [-0.2, -0.15) is 0 Å². The molecule has 2 heterocycles. The van der Waals surface area contributed by atoms with Crippen molar-refractivity contribution in [3.05, 3.63) is 11.8 Å². The summed E-state index contributed by atoms with van der Waals surface area (Å²) in [6.07, 6.45) is 1.27. The lowest BCUT2D eigenvalue weighted by Gasteiger charge is -2.30. The van der Waals surface area contributed by atoms with Crippen molar-refractivity contribution in [3.63, 3.8) is 0 Å². The minimum Gasteiger partial charge on any atom is -0.482 e. The molecule has 0 spiro atoms. The molecule has 0 aromatic heterocycles. The van der Waals surface area contributed by atoms with Gasteiger partial charge in [-0.25, -0.2) is 0 Å². The Morgan fingerprint density at radius 2 is 2.26 bits per heavy atom. The number of ether oxygens (including phenoxy) is 1. The second-order valence-corrected chi connectivity index (χ2v) is 6.83. The number of rotatable bonds is 4. The van der Waals surface area contributed by atoms with Gasteiger partial charge in [-0.05, 0) is 13.8 Å². The van der Waals surface area contributed by atoms with Gasteiger partial charge < -0.3 is 20.5 Å². The van der Waals surface area contributed by atoms with Crippen LogP contribution >= 0.6 is 11.8 Å². The molecular formula is C14H19N3O5S. The number of nitrogens with one attached hydrogen (secondary N) is 2. The molecule has 2 rings (SSSR count). The minimum absolute atomic E-state index is 0.162. The lowest BCUT2D eigenvalue weighted by atomic mass is 9.98. The summed E-state index contributed by atoms with van der Waals surface area (Å²) in [6.45, 7) is 3.42. The van der Waals surface area contributed by atoms with E-state index in [0.717, 1.165) is 11.8 Å². The van der Waals surface area contributed by atoms with Gasteiger partial charge in [0.15, 0.2) is 16.7 Å². The Morgan fingerprint density at radius 1 is 1.52 bits per heavy atom. The fourth-order valence-corrected chi connectivity index (χ4v) is 2.85. The number of aliphatic hydroxyl groups is 1. The Hall–Kier alpha value is -1.87. The quantitative estimate of drug-likeness (QED) is 0.625. The first-order valence-corrected chi connectivity index (χ1v) is 8.13. The molecule has 9 heteroatoms. The van der Waals surface area contributed by atoms with Crippen LogP contribution in [0.15, 0.2) is 16.8 Å². The first-order valence-electron chi connectivity index (χ1n) is 7.14. The highest BCUT2D eigenvalue weighted by molar-refractivity contribution is 8.14. The Morgan fingerprint density at radius 3 is 2.83 bits per heavy atom. The summed E-state index contributed by atoms with van der Waals surface area (Å²) in [5, 5.41) is 14.7. The second kappa shape index (κ2) is 7.14. The number of allylic oxidation sites excluding steroid dienone is 1. The van der Waals surface area contributed by atoms with Crippen LogP contribution < -0.4 is 10.6 Å². The fourth-order valence-electron chi connectivity index (χ4n) is 2.12. The molecule has 126 valence electrons. The van der Waals surface area contributed by atoms with Crippen LogP contribution in [0.2, 0.25) is 0 Å². The Labute approximate surface area is 137 Å². The van der Waals surface area contributed by atoms with Crippen LogP contribution in [0, 0.1) is 0 Å². The minimum atomic E-state index is -1.16. The molecule has 0 saturated heterocycles. The van der Waals surface area contributed by atoms with Gasteiger partial charge >= 0.3 is 0 Å². The van der Waals surface area contributed by atoms with E-state index in [9.17, 15) is 19.5 Å². The van der Waals surface area contributed by atoms with Crippen molar-refractivity contribution in [1.82, 2.24) is 10.6 Å². The molecule has 1 unspecified atom stereocenters. The van der Waals surface area contributed by atoms with Crippen LogP contribution in [0.25, 0.3) is 0 Å². The maximum Gasteiger partial charge on any atom is 0.287 e. The standard InChI is InChI=1S/C14H19N3O5S/c1-14(2)6-8(19)5-10(22-14)12(21)16-9(7-18)11(20)17-13-15-3-4-23-13/h5,9,18H,3-4,6-7H2,1-2H3,(H,16,21)(H,15,17,20). The van der Waals surface area contributed by atoms with Gasteiger partial charge in [0, 0.05) is 18.2 Å². The summed E-state index contributed by atoms with van der Waals surface area (Å²) in [6, 6.07) is -1.16. The smallest absolute Gasteiger partial charge is 0.287 e. The number of thioether (sulfide) groups is 1. The molecule has 8 nitrogen and oxygen atoms in total. The van der Waals surface area contributed by atoms with Crippen molar-refractivity contribution in [2.24, 2.45) is 4.99 Å². The first-order chi connectivity index (χ1) is 10.8. The lowest BCUT2D eigenvalue weighted by molar-refractivity contribution is -0.133. The summed E-state index contributed by atoms with van der Waals surface area (Å²) < 4.78 is 5.45. The Balaban J connectivity index is 1.99. The molecule has 0 aromatic rings. The molecule has 23 heavy (non-hydrogen) atoms. The van der Waals surface area contributed by atoms with Crippen molar-refractivity contribution in [3.8, 4) is 0 Å². The maximum absolute atomic E-state index is 12.2. The van der Waals surface area contributed by atoms with E-state index in [2.05, 4.69) is 15.6 Å². The highest BCUT2D eigenvalue weighted by Crippen LogP contribution is 2.24. The summed E-state index contributed by atoms with van der Waals surface area (Å²) >= 11 is 1.39. The summed E-state index contributed by atoms with van der Waals surface area (Å²) in [4.78, 5) is 39.9. The predicted octanol–water partition coefficient (Wildman–Crippen LogP) is -0.666. The van der Waals surface area contributed by atoms with Crippen molar-refractivity contribution < 1.29 is 24.2 Å². The molecule has 2 aliphatic heterocycles. The van der Waals surface area contributed by atoms with Crippen LogP contribution in [0.5, 0.6) is 0 Å². The molecule has 2 amide bonds. The van der Waals surface area contributed by atoms with Gasteiger partial charge in [0.25, 0.3) is 11.8 Å². The van der Waals surface area contributed by atoms with E-state index in [1.54, 1.807) is 13.8 Å². The van der Waals surface area contributed by atoms with E-state index < -0.39 is 30.1 Å². The number of carbonyl (C=O) groups excluding carboxylic acids is 3. The second-order valence-electron chi connectivity index (χ2n) is 5.75. The number of aliphatic imine (C=N–C) groups is 1. The Kier molecular flexibility index (Phi) is 5.42. The number of amides is 2.